The summed E-state index contributed by atoms with van der Waals surface area (Å²) in [5, 5.41) is 16.3. The molecular weight excluding hydrogens is 434 g/mol. The molecule has 0 bridgehead atoms. The predicted molar refractivity (Wildman–Crippen MR) is 128 cm³/mol. The molecule has 0 aliphatic carbocycles. The number of nitro groups is 1. The van der Waals surface area contributed by atoms with Gasteiger partial charge >= 0.3 is 0 Å². The molecule has 8 nitrogen and oxygen atoms in total. The van der Waals surface area contributed by atoms with E-state index >= 15 is 0 Å². The number of anilines is 2. The van der Waals surface area contributed by atoms with Gasteiger partial charge in [0.15, 0.2) is 0 Å². The summed E-state index contributed by atoms with van der Waals surface area (Å²) in [6, 6.07) is 28.0. The molecule has 0 fully saturated rings. The van der Waals surface area contributed by atoms with Crippen LogP contribution in [-0.4, -0.2) is 16.7 Å². The van der Waals surface area contributed by atoms with Gasteiger partial charge in [0.1, 0.15) is 11.5 Å². The fourth-order valence-electron chi connectivity index (χ4n) is 3.15. The highest BCUT2D eigenvalue weighted by molar-refractivity contribution is 6.12. The molecule has 0 saturated carbocycles. The van der Waals surface area contributed by atoms with Crippen LogP contribution in [0.5, 0.6) is 11.5 Å². The van der Waals surface area contributed by atoms with Crippen molar-refractivity contribution in [2.45, 2.75) is 0 Å². The van der Waals surface area contributed by atoms with Crippen LogP contribution in [0.1, 0.15) is 20.7 Å². The van der Waals surface area contributed by atoms with Crippen molar-refractivity contribution in [3.05, 3.63) is 124 Å². The second kappa shape index (κ2) is 10.1. The van der Waals surface area contributed by atoms with Crippen LogP contribution in [0, 0.1) is 10.1 Å². The molecule has 2 N–H and O–H groups in total. The Labute approximate surface area is 195 Å². The lowest BCUT2D eigenvalue weighted by molar-refractivity contribution is -0.384. The summed E-state index contributed by atoms with van der Waals surface area (Å²) in [5.74, 6) is 0.436. The zero-order valence-electron chi connectivity index (χ0n) is 17.8. The van der Waals surface area contributed by atoms with E-state index in [1.165, 1.54) is 24.3 Å². The standard InChI is InChI=1S/C26H19N3O5/c30-25(18-10-14-20(15-11-18)29(32)33)28-24-9-5-4-8-23(24)26(31)27-19-12-16-22(17-13-19)34-21-6-2-1-3-7-21/h1-17H,(H,27,31)(H,28,30). The fraction of sp³-hybridized carbons (Fsp3) is 0. The fourth-order valence-corrected chi connectivity index (χ4v) is 3.15. The normalized spacial score (nSPS) is 10.2. The third kappa shape index (κ3) is 5.43. The summed E-state index contributed by atoms with van der Waals surface area (Å²) in [7, 11) is 0. The molecule has 4 aromatic rings. The number of nitrogens with one attached hydrogen (secondary N) is 2. The predicted octanol–water partition coefficient (Wildman–Crippen LogP) is 5.89. The Morgan fingerprint density at radius 3 is 1.97 bits per heavy atom. The Hall–Kier alpha value is -4.98. The summed E-state index contributed by atoms with van der Waals surface area (Å²) in [6.45, 7) is 0. The van der Waals surface area contributed by atoms with E-state index in [9.17, 15) is 19.7 Å². The average Bonchev–Trinajstić information content (AvgIpc) is 2.86. The maximum atomic E-state index is 12.9. The van der Waals surface area contributed by atoms with E-state index < -0.39 is 16.7 Å². The molecule has 0 aliphatic rings. The SMILES string of the molecule is O=C(Nc1ccccc1C(=O)Nc1ccc(Oc2ccccc2)cc1)c1ccc([N+](=O)[O-])cc1. The zero-order valence-corrected chi connectivity index (χ0v) is 17.8. The molecular formula is C26H19N3O5. The van der Waals surface area contributed by atoms with Gasteiger partial charge in [0, 0.05) is 23.4 Å². The minimum absolute atomic E-state index is 0.114. The quantitative estimate of drug-likeness (QED) is 0.268. The number of non-ortho nitro benzene ring substituents is 1. The second-order valence-electron chi connectivity index (χ2n) is 7.20. The van der Waals surface area contributed by atoms with Gasteiger partial charge in [-0.25, -0.2) is 0 Å². The van der Waals surface area contributed by atoms with Gasteiger partial charge in [-0.05, 0) is 60.7 Å². The number of amides is 2. The Balaban J connectivity index is 1.44. The summed E-state index contributed by atoms with van der Waals surface area (Å²) in [5.41, 5.74) is 1.25. The molecule has 0 unspecified atom stereocenters. The number of carbonyl (C=O) groups excluding carboxylic acids is 2. The molecule has 0 spiro atoms. The molecule has 168 valence electrons. The van der Waals surface area contributed by atoms with Crippen molar-refractivity contribution in [3.8, 4) is 11.5 Å². The number of hydrogen-bond donors (Lipinski definition) is 2. The van der Waals surface area contributed by atoms with Crippen LogP contribution in [0.15, 0.2) is 103 Å². The Kier molecular flexibility index (Phi) is 6.60. The van der Waals surface area contributed by atoms with Crippen LogP contribution in [0.3, 0.4) is 0 Å². The largest absolute Gasteiger partial charge is 0.457 e. The summed E-state index contributed by atoms with van der Waals surface area (Å²) in [4.78, 5) is 35.7. The van der Waals surface area contributed by atoms with Crippen molar-refractivity contribution in [2.24, 2.45) is 0 Å². The van der Waals surface area contributed by atoms with Gasteiger partial charge in [-0.1, -0.05) is 30.3 Å². The highest BCUT2D eigenvalue weighted by atomic mass is 16.6. The zero-order chi connectivity index (χ0) is 23.9. The van der Waals surface area contributed by atoms with Crippen LogP contribution >= 0.6 is 0 Å². The van der Waals surface area contributed by atoms with Gasteiger partial charge in [0.05, 0.1) is 16.2 Å². The Bertz CT molecular complexity index is 1320. The van der Waals surface area contributed by atoms with E-state index in [1.807, 2.05) is 30.3 Å². The molecule has 4 aromatic carbocycles. The minimum Gasteiger partial charge on any atom is -0.457 e. The van der Waals surface area contributed by atoms with Gasteiger partial charge in [-0.2, -0.15) is 0 Å². The highest BCUT2D eigenvalue weighted by Gasteiger charge is 2.15. The van der Waals surface area contributed by atoms with E-state index in [-0.39, 0.29) is 16.8 Å². The monoisotopic (exact) mass is 453 g/mol. The summed E-state index contributed by atoms with van der Waals surface area (Å²) in [6.07, 6.45) is 0. The Morgan fingerprint density at radius 1 is 0.676 bits per heavy atom. The van der Waals surface area contributed by atoms with Gasteiger partial charge in [0.2, 0.25) is 0 Å². The molecule has 4 rings (SSSR count). The van der Waals surface area contributed by atoms with Crippen LogP contribution in [-0.2, 0) is 0 Å². The first kappa shape index (κ1) is 22.2. The van der Waals surface area contributed by atoms with E-state index in [1.54, 1.807) is 48.5 Å². The van der Waals surface area contributed by atoms with Crippen molar-refractivity contribution in [1.82, 2.24) is 0 Å². The molecule has 0 saturated heterocycles. The van der Waals surface area contributed by atoms with E-state index in [4.69, 9.17) is 4.74 Å². The number of rotatable bonds is 7. The smallest absolute Gasteiger partial charge is 0.269 e. The third-order valence-electron chi connectivity index (χ3n) is 4.85. The van der Waals surface area contributed by atoms with Crippen LogP contribution in [0.2, 0.25) is 0 Å². The van der Waals surface area contributed by atoms with E-state index in [2.05, 4.69) is 10.6 Å². The number of ether oxygens (including phenoxy) is 1. The molecule has 34 heavy (non-hydrogen) atoms. The van der Waals surface area contributed by atoms with Crippen molar-refractivity contribution in [2.75, 3.05) is 10.6 Å². The maximum Gasteiger partial charge on any atom is 0.269 e. The molecule has 0 radical (unpaired) electrons. The minimum atomic E-state index is -0.540. The van der Waals surface area contributed by atoms with Crippen LogP contribution in [0.25, 0.3) is 0 Å². The van der Waals surface area contributed by atoms with Gasteiger partial charge in [-0.3, -0.25) is 19.7 Å². The number of hydrogen-bond acceptors (Lipinski definition) is 5. The van der Waals surface area contributed by atoms with Crippen LogP contribution < -0.4 is 15.4 Å². The second-order valence-corrected chi connectivity index (χ2v) is 7.20. The van der Waals surface area contributed by atoms with Gasteiger partial charge in [0.25, 0.3) is 17.5 Å². The molecule has 0 aromatic heterocycles. The topological polar surface area (TPSA) is 111 Å². The molecule has 0 heterocycles. The summed E-state index contributed by atoms with van der Waals surface area (Å²) < 4.78 is 5.75. The van der Waals surface area contributed by atoms with Crippen molar-refractivity contribution in [3.63, 3.8) is 0 Å². The lowest BCUT2D eigenvalue weighted by Gasteiger charge is -2.12. The van der Waals surface area contributed by atoms with E-state index in [0.29, 0.717) is 22.9 Å². The van der Waals surface area contributed by atoms with Gasteiger partial charge < -0.3 is 15.4 Å². The molecule has 0 aliphatic heterocycles. The molecule has 8 heteroatoms. The number of benzene rings is 4. The van der Waals surface area contributed by atoms with Crippen molar-refractivity contribution in [1.29, 1.82) is 0 Å². The highest BCUT2D eigenvalue weighted by Crippen LogP contribution is 2.24. The first-order valence-electron chi connectivity index (χ1n) is 10.3. The lowest BCUT2D eigenvalue weighted by Crippen LogP contribution is -2.18. The first-order chi connectivity index (χ1) is 16.5. The third-order valence-corrected chi connectivity index (χ3v) is 4.85. The average molecular weight is 453 g/mol. The first-order valence-corrected chi connectivity index (χ1v) is 10.3. The van der Waals surface area contributed by atoms with Crippen LogP contribution in [0.4, 0.5) is 17.1 Å². The summed E-state index contributed by atoms with van der Waals surface area (Å²) >= 11 is 0. The van der Waals surface area contributed by atoms with Gasteiger partial charge in [-0.15, -0.1) is 0 Å². The van der Waals surface area contributed by atoms with Crippen molar-refractivity contribution < 1.29 is 19.2 Å². The maximum absolute atomic E-state index is 12.9. The number of nitrogens with zero attached hydrogens (tertiary/aromatic N) is 1. The lowest BCUT2D eigenvalue weighted by atomic mass is 10.1. The van der Waals surface area contributed by atoms with E-state index in [0.717, 1.165) is 0 Å². The number of carbonyl (C=O) groups is 2. The Morgan fingerprint density at radius 2 is 1.29 bits per heavy atom. The number of para-hydroxylation sites is 2. The number of nitro benzene ring substituents is 1. The molecule has 2 amide bonds. The molecule has 0 atom stereocenters. The van der Waals surface area contributed by atoms with Crippen molar-refractivity contribution >= 4 is 28.9 Å².